The molecular formula is C14H16ClN3O3. The Morgan fingerprint density at radius 3 is 3.14 bits per heavy atom. The second kappa shape index (κ2) is 5.54. The molecule has 1 aromatic carbocycles. The first kappa shape index (κ1) is 14.2. The number of aliphatic imine (C=N–C) groups is 1. The Balaban J connectivity index is 1.89. The van der Waals surface area contributed by atoms with Gasteiger partial charge in [-0.1, -0.05) is 11.6 Å². The van der Waals surface area contributed by atoms with E-state index in [4.69, 9.17) is 21.4 Å². The quantitative estimate of drug-likeness (QED) is 0.825. The number of guanidine groups is 1. The van der Waals surface area contributed by atoms with E-state index in [-0.39, 0.29) is 18.6 Å². The van der Waals surface area contributed by atoms with Crippen LogP contribution in [0, 0.1) is 0 Å². The van der Waals surface area contributed by atoms with E-state index in [2.05, 4.69) is 10.3 Å². The predicted octanol–water partition coefficient (Wildman–Crippen LogP) is 1.42. The molecule has 112 valence electrons. The van der Waals surface area contributed by atoms with Crippen molar-refractivity contribution >= 4 is 29.2 Å². The summed E-state index contributed by atoms with van der Waals surface area (Å²) >= 11 is 6.39. The summed E-state index contributed by atoms with van der Waals surface area (Å²) in [5.41, 5.74) is 1.60. The average molecular weight is 310 g/mol. The molecule has 6 nitrogen and oxygen atoms in total. The van der Waals surface area contributed by atoms with Crippen LogP contribution in [-0.2, 0) is 11.3 Å². The van der Waals surface area contributed by atoms with E-state index in [1.165, 1.54) is 0 Å². The molecule has 1 aromatic rings. The van der Waals surface area contributed by atoms with Crippen LogP contribution in [0.2, 0.25) is 5.02 Å². The highest BCUT2D eigenvalue weighted by Gasteiger charge is 2.36. The van der Waals surface area contributed by atoms with Crippen LogP contribution in [-0.4, -0.2) is 41.1 Å². The number of aliphatic hydroxyl groups excluding tert-OH is 1. The van der Waals surface area contributed by atoms with E-state index in [0.717, 1.165) is 11.3 Å². The monoisotopic (exact) mass is 309 g/mol. The molecule has 0 spiro atoms. The van der Waals surface area contributed by atoms with Gasteiger partial charge in [-0.2, -0.15) is 0 Å². The normalized spacial score (nSPS) is 19.8. The second-order valence-corrected chi connectivity index (χ2v) is 5.41. The molecule has 0 bridgehead atoms. The number of amides is 1. The van der Waals surface area contributed by atoms with E-state index < -0.39 is 0 Å². The zero-order chi connectivity index (χ0) is 15.0. The number of nitrogens with one attached hydrogen (secondary N) is 1. The van der Waals surface area contributed by atoms with Gasteiger partial charge in [0.15, 0.2) is 0 Å². The molecule has 2 heterocycles. The molecule has 3 rings (SSSR count). The van der Waals surface area contributed by atoms with E-state index in [1.54, 1.807) is 6.07 Å². The van der Waals surface area contributed by atoms with Crippen molar-refractivity contribution < 1.29 is 14.6 Å². The van der Waals surface area contributed by atoms with E-state index in [0.29, 0.717) is 36.3 Å². The van der Waals surface area contributed by atoms with Crippen molar-refractivity contribution in [2.75, 3.05) is 13.2 Å². The van der Waals surface area contributed by atoms with Crippen molar-refractivity contribution in [2.45, 2.75) is 25.9 Å². The topological polar surface area (TPSA) is 74.2 Å². The maximum atomic E-state index is 11.7. The van der Waals surface area contributed by atoms with Crippen LogP contribution in [0.1, 0.15) is 18.9 Å². The van der Waals surface area contributed by atoms with Crippen molar-refractivity contribution in [2.24, 2.45) is 4.99 Å². The molecule has 1 atom stereocenters. The summed E-state index contributed by atoms with van der Waals surface area (Å²) in [6.45, 7) is 2.83. The standard InChI is InChI=1S/C14H16ClN3O3/c1-8-13(20)17-14-16-10-3-4-11(21-6-2-5-19)12(15)9(10)7-18(8)14/h3-4,8,19H,2,5-7H2,1H3,(H,16,17,20). The number of nitrogens with zero attached hydrogens (tertiary/aromatic N) is 2. The molecule has 1 saturated heterocycles. The van der Waals surface area contributed by atoms with Gasteiger partial charge < -0.3 is 14.7 Å². The third kappa shape index (κ3) is 2.45. The molecule has 1 fully saturated rings. The lowest BCUT2D eigenvalue weighted by atomic mass is 10.1. The fourth-order valence-corrected chi connectivity index (χ4v) is 2.68. The molecule has 2 aliphatic heterocycles. The summed E-state index contributed by atoms with van der Waals surface area (Å²) < 4.78 is 5.56. The van der Waals surface area contributed by atoms with Gasteiger partial charge in [0.05, 0.1) is 23.9 Å². The van der Waals surface area contributed by atoms with Crippen molar-refractivity contribution in [3.63, 3.8) is 0 Å². The summed E-state index contributed by atoms with van der Waals surface area (Å²) in [7, 11) is 0. The molecule has 0 radical (unpaired) electrons. The smallest absolute Gasteiger partial charge is 0.249 e. The zero-order valence-corrected chi connectivity index (χ0v) is 12.4. The molecule has 0 aliphatic carbocycles. The van der Waals surface area contributed by atoms with Gasteiger partial charge in [-0.25, -0.2) is 4.99 Å². The summed E-state index contributed by atoms with van der Waals surface area (Å²) in [6.07, 6.45) is 0.553. The van der Waals surface area contributed by atoms with Gasteiger partial charge in [-0.15, -0.1) is 0 Å². The van der Waals surface area contributed by atoms with E-state index in [9.17, 15) is 4.79 Å². The summed E-state index contributed by atoms with van der Waals surface area (Å²) in [5.74, 6) is 1.09. The van der Waals surface area contributed by atoms with Crippen LogP contribution >= 0.6 is 11.6 Å². The number of rotatable bonds is 4. The van der Waals surface area contributed by atoms with Crippen molar-refractivity contribution in [1.29, 1.82) is 0 Å². The number of benzene rings is 1. The van der Waals surface area contributed by atoms with Gasteiger partial charge in [0.2, 0.25) is 11.9 Å². The van der Waals surface area contributed by atoms with E-state index >= 15 is 0 Å². The van der Waals surface area contributed by atoms with Crippen LogP contribution in [0.5, 0.6) is 5.75 Å². The summed E-state index contributed by atoms with van der Waals surface area (Å²) in [6, 6.07) is 3.33. The Bertz CT molecular complexity index is 618. The SMILES string of the molecule is CC1C(=O)NC2=Nc3ccc(OCCCO)c(Cl)c3CN21. The summed E-state index contributed by atoms with van der Waals surface area (Å²) in [5, 5.41) is 12.1. The first-order valence-electron chi connectivity index (χ1n) is 6.83. The van der Waals surface area contributed by atoms with Gasteiger partial charge >= 0.3 is 0 Å². The number of fused-ring (bicyclic) bond motifs is 2. The number of hydrogen-bond acceptors (Lipinski definition) is 5. The first-order valence-corrected chi connectivity index (χ1v) is 7.21. The number of carbonyl (C=O) groups is 1. The number of halogens is 1. The Morgan fingerprint density at radius 2 is 2.38 bits per heavy atom. The average Bonchev–Trinajstić information content (AvgIpc) is 2.75. The second-order valence-electron chi connectivity index (χ2n) is 5.03. The Morgan fingerprint density at radius 1 is 1.57 bits per heavy atom. The number of aliphatic hydroxyl groups is 1. The minimum Gasteiger partial charge on any atom is -0.492 e. The van der Waals surface area contributed by atoms with Gasteiger partial charge in [0.25, 0.3) is 0 Å². The van der Waals surface area contributed by atoms with Crippen molar-refractivity contribution in [3.8, 4) is 5.75 Å². The summed E-state index contributed by atoms with van der Waals surface area (Å²) in [4.78, 5) is 18.0. The lowest BCUT2D eigenvalue weighted by molar-refractivity contribution is -0.121. The van der Waals surface area contributed by atoms with E-state index in [1.807, 2.05) is 17.9 Å². The molecule has 1 amide bonds. The molecular weight excluding hydrogens is 294 g/mol. The molecule has 7 heteroatoms. The van der Waals surface area contributed by atoms with Crippen LogP contribution in [0.4, 0.5) is 5.69 Å². The fraction of sp³-hybridized carbons (Fsp3) is 0.429. The fourth-order valence-electron chi connectivity index (χ4n) is 2.40. The third-order valence-corrected chi connectivity index (χ3v) is 4.07. The molecule has 0 saturated carbocycles. The Hall–Kier alpha value is -1.79. The molecule has 21 heavy (non-hydrogen) atoms. The largest absolute Gasteiger partial charge is 0.492 e. The maximum absolute atomic E-state index is 11.7. The minimum atomic E-state index is -0.257. The lowest BCUT2D eigenvalue weighted by Crippen LogP contribution is -2.35. The third-order valence-electron chi connectivity index (χ3n) is 3.65. The van der Waals surface area contributed by atoms with Crippen LogP contribution in [0.15, 0.2) is 17.1 Å². The Labute approximate surface area is 127 Å². The Kier molecular flexibility index (Phi) is 3.73. The van der Waals surface area contributed by atoms with Crippen molar-refractivity contribution in [1.82, 2.24) is 10.2 Å². The van der Waals surface area contributed by atoms with Crippen LogP contribution in [0.3, 0.4) is 0 Å². The van der Waals surface area contributed by atoms with Crippen LogP contribution < -0.4 is 10.1 Å². The van der Waals surface area contributed by atoms with Crippen LogP contribution in [0.25, 0.3) is 0 Å². The molecule has 1 unspecified atom stereocenters. The highest BCUT2D eigenvalue weighted by Crippen LogP contribution is 2.39. The zero-order valence-electron chi connectivity index (χ0n) is 11.6. The van der Waals surface area contributed by atoms with Gasteiger partial charge in [-0.3, -0.25) is 10.1 Å². The predicted molar refractivity (Wildman–Crippen MR) is 78.9 cm³/mol. The highest BCUT2D eigenvalue weighted by molar-refractivity contribution is 6.33. The highest BCUT2D eigenvalue weighted by atomic mass is 35.5. The van der Waals surface area contributed by atoms with Gasteiger partial charge in [-0.05, 0) is 19.1 Å². The lowest BCUT2D eigenvalue weighted by Gasteiger charge is -2.27. The van der Waals surface area contributed by atoms with Gasteiger partial charge in [0.1, 0.15) is 11.8 Å². The van der Waals surface area contributed by atoms with Gasteiger partial charge in [0, 0.05) is 18.6 Å². The first-order chi connectivity index (χ1) is 10.1. The number of carbonyl (C=O) groups excluding carboxylic acids is 1. The number of hydrogen-bond donors (Lipinski definition) is 2. The molecule has 2 aliphatic rings. The molecule has 0 aromatic heterocycles. The molecule has 2 N–H and O–H groups in total. The van der Waals surface area contributed by atoms with Crippen molar-refractivity contribution in [3.05, 3.63) is 22.7 Å². The number of ether oxygens (including phenoxy) is 1. The minimum absolute atomic E-state index is 0.0582. The maximum Gasteiger partial charge on any atom is 0.249 e.